The van der Waals surface area contributed by atoms with Crippen molar-refractivity contribution in [1.82, 2.24) is 5.32 Å². The fourth-order valence-corrected chi connectivity index (χ4v) is 2.50. The first kappa shape index (κ1) is 17.2. The van der Waals surface area contributed by atoms with Crippen LogP contribution in [0.4, 0.5) is 0 Å². The lowest BCUT2D eigenvalue weighted by molar-refractivity contribution is -0.127. The van der Waals surface area contributed by atoms with Gasteiger partial charge in [-0.2, -0.15) is 0 Å². The zero-order valence-corrected chi connectivity index (χ0v) is 14.0. The molecular weight excluding hydrogens is 286 g/mol. The molecule has 3 heteroatoms. The van der Waals surface area contributed by atoms with Gasteiger partial charge < -0.3 is 10.4 Å². The van der Waals surface area contributed by atoms with Gasteiger partial charge in [-0.25, -0.2) is 0 Å². The highest BCUT2D eigenvalue weighted by Crippen LogP contribution is 2.23. The van der Waals surface area contributed by atoms with E-state index in [1.165, 1.54) is 0 Å². The standard InChI is InChI=1S/C20H25NO2/c1-15(18(22)14-16-10-6-4-7-11-16)21-19(23)20(2,3)17-12-8-5-9-13-17/h4-13,15,18,22H,14H2,1-3H3,(H,21,23). The highest BCUT2D eigenvalue weighted by molar-refractivity contribution is 5.87. The van der Waals surface area contributed by atoms with E-state index < -0.39 is 11.5 Å². The van der Waals surface area contributed by atoms with Crippen LogP contribution in [0.3, 0.4) is 0 Å². The number of rotatable bonds is 6. The number of nitrogens with one attached hydrogen (secondary N) is 1. The molecule has 1 amide bonds. The monoisotopic (exact) mass is 311 g/mol. The quantitative estimate of drug-likeness (QED) is 0.861. The Hall–Kier alpha value is -2.13. The van der Waals surface area contributed by atoms with Crippen molar-refractivity contribution in [2.45, 2.75) is 44.8 Å². The molecule has 2 N–H and O–H groups in total. The van der Waals surface area contributed by atoms with Crippen LogP contribution in [0.2, 0.25) is 0 Å². The van der Waals surface area contributed by atoms with E-state index in [1.54, 1.807) is 0 Å². The predicted molar refractivity (Wildman–Crippen MR) is 93.2 cm³/mol. The van der Waals surface area contributed by atoms with Crippen molar-refractivity contribution in [3.63, 3.8) is 0 Å². The molecule has 0 radical (unpaired) electrons. The van der Waals surface area contributed by atoms with Crippen LogP contribution in [0, 0.1) is 0 Å². The molecular formula is C20H25NO2. The first-order valence-corrected chi connectivity index (χ1v) is 7.99. The number of carbonyl (C=O) groups is 1. The summed E-state index contributed by atoms with van der Waals surface area (Å²) in [5.41, 5.74) is 1.38. The average Bonchev–Trinajstić information content (AvgIpc) is 2.56. The zero-order valence-electron chi connectivity index (χ0n) is 14.0. The van der Waals surface area contributed by atoms with Crippen molar-refractivity contribution in [1.29, 1.82) is 0 Å². The first-order valence-electron chi connectivity index (χ1n) is 7.99. The maximum atomic E-state index is 12.6. The molecule has 2 atom stereocenters. The normalized spacial score (nSPS) is 14.1. The summed E-state index contributed by atoms with van der Waals surface area (Å²) in [5, 5.41) is 13.3. The number of aliphatic hydroxyl groups excluding tert-OH is 1. The molecule has 2 unspecified atom stereocenters. The molecule has 0 bridgehead atoms. The second-order valence-corrected chi connectivity index (χ2v) is 6.51. The van der Waals surface area contributed by atoms with Crippen molar-refractivity contribution in [2.75, 3.05) is 0 Å². The lowest BCUT2D eigenvalue weighted by Crippen LogP contribution is -2.48. The zero-order chi connectivity index (χ0) is 16.9. The highest BCUT2D eigenvalue weighted by Gasteiger charge is 2.31. The molecule has 0 spiro atoms. The lowest BCUT2D eigenvalue weighted by Gasteiger charge is -2.28. The second-order valence-electron chi connectivity index (χ2n) is 6.51. The van der Waals surface area contributed by atoms with Crippen molar-refractivity contribution in [3.05, 3.63) is 71.8 Å². The number of hydrogen-bond acceptors (Lipinski definition) is 2. The van der Waals surface area contributed by atoms with E-state index in [0.717, 1.165) is 11.1 Å². The summed E-state index contributed by atoms with van der Waals surface area (Å²) in [6.45, 7) is 5.63. The summed E-state index contributed by atoms with van der Waals surface area (Å²) in [5.74, 6) is -0.0803. The van der Waals surface area contributed by atoms with Gasteiger partial charge in [-0.05, 0) is 31.9 Å². The van der Waals surface area contributed by atoms with E-state index in [0.29, 0.717) is 6.42 Å². The maximum absolute atomic E-state index is 12.6. The summed E-state index contributed by atoms with van der Waals surface area (Å²) >= 11 is 0. The first-order chi connectivity index (χ1) is 10.9. The van der Waals surface area contributed by atoms with Crippen molar-refractivity contribution in [3.8, 4) is 0 Å². The van der Waals surface area contributed by atoms with Crippen LogP contribution in [0.5, 0.6) is 0 Å². The number of aliphatic hydroxyl groups is 1. The molecule has 0 aromatic heterocycles. The molecule has 122 valence electrons. The molecule has 0 heterocycles. The van der Waals surface area contributed by atoms with E-state index in [9.17, 15) is 9.90 Å². The van der Waals surface area contributed by atoms with Crippen molar-refractivity contribution >= 4 is 5.91 Å². The van der Waals surface area contributed by atoms with E-state index >= 15 is 0 Å². The van der Waals surface area contributed by atoms with Gasteiger partial charge in [0.25, 0.3) is 0 Å². The SMILES string of the molecule is CC(NC(=O)C(C)(C)c1ccccc1)C(O)Cc1ccccc1. The molecule has 0 saturated heterocycles. The molecule has 2 rings (SSSR count). The summed E-state index contributed by atoms with van der Waals surface area (Å²) in [6, 6.07) is 19.2. The van der Waals surface area contributed by atoms with Gasteiger partial charge in [-0.15, -0.1) is 0 Å². The van der Waals surface area contributed by atoms with Crippen LogP contribution >= 0.6 is 0 Å². The smallest absolute Gasteiger partial charge is 0.230 e. The van der Waals surface area contributed by atoms with Crippen molar-refractivity contribution < 1.29 is 9.90 Å². The molecule has 3 nitrogen and oxygen atoms in total. The Morgan fingerprint density at radius 3 is 2.13 bits per heavy atom. The Balaban J connectivity index is 1.99. The van der Waals surface area contributed by atoms with Gasteiger partial charge in [0.15, 0.2) is 0 Å². The third kappa shape index (κ3) is 4.42. The molecule has 0 saturated carbocycles. The van der Waals surface area contributed by atoms with Crippen LogP contribution < -0.4 is 5.32 Å². The van der Waals surface area contributed by atoms with E-state index in [2.05, 4.69) is 5.32 Å². The minimum absolute atomic E-state index is 0.0803. The summed E-state index contributed by atoms with van der Waals surface area (Å²) in [7, 11) is 0. The van der Waals surface area contributed by atoms with Gasteiger partial charge in [0.1, 0.15) is 0 Å². The van der Waals surface area contributed by atoms with Crippen LogP contribution in [-0.2, 0) is 16.6 Å². The highest BCUT2D eigenvalue weighted by atomic mass is 16.3. The largest absolute Gasteiger partial charge is 0.391 e. The summed E-state index contributed by atoms with van der Waals surface area (Å²) in [6.07, 6.45) is -0.0958. The predicted octanol–water partition coefficient (Wildman–Crippen LogP) is 3.07. The molecule has 0 fully saturated rings. The Bertz CT molecular complexity index is 623. The molecule has 0 aliphatic heterocycles. The van der Waals surface area contributed by atoms with E-state index in [-0.39, 0.29) is 11.9 Å². The number of amides is 1. The molecule has 2 aromatic carbocycles. The van der Waals surface area contributed by atoms with Gasteiger partial charge >= 0.3 is 0 Å². The third-order valence-electron chi connectivity index (χ3n) is 4.29. The van der Waals surface area contributed by atoms with Gasteiger partial charge in [-0.1, -0.05) is 60.7 Å². The van der Waals surface area contributed by atoms with Crippen LogP contribution in [0.25, 0.3) is 0 Å². The molecule has 23 heavy (non-hydrogen) atoms. The van der Waals surface area contributed by atoms with Gasteiger partial charge in [-0.3, -0.25) is 4.79 Å². The van der Waals surface area contributed by atoms with Crippen LogP contribution in [0.15, 0.2) is 60.7 Å². The van der Waals surface area contributed by atoms with Crippen LogP contribution in [0.1, 0.15) is 31.9 Å². The Morgan fingerprint density at radius 2 is 1.57 bits per heavy atom. The third-order valence-corrected chi connectivity index (χ3v) is 4.29. The molecule has 0 aliphatic rings. The topological polar surface area (TPSA) is 49.3 Å². The summed E-state index contributed by atoms with van der Waals surface area (Å²) in [4.78, 5) is 12.6. The average molecular weight is 311 g/mol. The minimum Gasteiger partial charge on any atom is -0.391 e. The number of carbonyl (C=O) groups excluding carboxylic acids is 1. The van der Waals surface area contributed by atoms with E-state index in [1.807, 2.05) is 81.4 Å². The summed E-state index contributed by atoms with van der Waals surface area (Å²) < 4.78 is 0. The van der Waals surface area contributed by atoms with E-state index in [4.69, 9.17) is 0 Å². The van der Waals surface area contributed by atoms with Gasteiger partial charge in [0, 0.05) is 6.42 Å². The van der Waals surface area contributed by atoms with Crippen LogP contribution in [-0.4, -0.2) is 23.2 Å². The Morgan fingerprint density at radius 1 is 1.04 bits per heavy atom. The molecule has 2 aromatic rings. The molecule has 0 aliphatic carbocycles. The number of hydrogen-bond donors (Lipinski definition) is 2. The second kappa shape index (κ2) is 7.42. The van der Waals surface area contributed by atoms with Gasteiger partial charge in [0.2, 0.25) is 5.91 Å². The lowest BCUT2D eigenvalue weighted by atomic mass is 9.83. The fraction of sp³-hybridized carbons (Fsp3) is 0.350. The maximum Gasteiger partial charge on any atom is 0.230 e. The Kier molecular flexibility index (Phi) is 5.56. The number of benzene rings is 2. The van der Waals surface area contributed by atoms with Crippen molar-refractivity contribution in [2.24, 2.45) is 0 Å². The van der Waals surface area contributed by atoms with Gasteiger partial charge in [0.05, 0.1) is 17.6 Å². The Labute approximate surface area is 138 Å². The minimum atomic E-state index is -0.637. The fourth-order valence-electron chi connectivity index (χ4n) is 2.50.